The van der Waals surface area contributed by atoms with E-state index in [1.54, 1.807) is 11.8 Å². The third-order valence-corrected chi connectivity index (χ3v) is 7.05. The molecule has 1 heterocycles. The molecule has 1 aliphatic rings. The molecule has 0 radical (unpaired) electrons. The quantitative estimate of drug-likeness (QED) is 0.446. The second kappa shape index (κ2) is 10.4. The van der Waals surface area contributed by atoms with Crippen molar-refractivity contribution in [2.45, 2.75) is 23.1 Å². The minimum absolute atomic E-state index is 0.119. The largest absolute Gasteiger partial charge is 0.339 e. The number of piperazine rings is 1. The van der Waals surface area contributed by atoms with Gasteiger partial charge in [0.15, 0.2) is 0 Å². The Labute approximate surface area is 194 Å². The Morgan fingerprint density at radius 1 is 0.806 bits per heavy atom. The molecule has 31 heavy (non-hydrogen) atoms. The van der Waals surface area contributed by atoms with Crippen LogP contribution in [0.3, 0.4) is 0 Å². The number of thioether (sulfide) groups is 1. The lowest BCUT2D eigenvalue weighted by molar-refractivity contribution is -0.132. The van der Waals surface area contributed by atoms with Crippen molar-refractivity contribution in [1.82, 2.24) is 9.80 Å². The first-order valence-electron chi connectivity index (χ1n) is 10.7. The molecule has 0 bridgehead atoms. The summed E-state index contributed by atoms with van der Waals surface area (Å²) in [5, 5.41) is 0.595. The van der Waals surface area contributed by atoms with E-state index in [-0.39, 0.29) is 17.2 Å². The van der Waals surface area contributed by atoms with Crippen molar-refractivity contribution in [3.05, 3.63) is 101 Å². The number of carbonyl (C=O) groups is 1. The van der Waals surface area contributed by atoms with Crippen LogP contribution in [0.4, 0.5) is 0 Å². The minimum Gasteiger partial charge on any atom is -0.339 e. The van der Waals surface area contributed by atoms with E-state index < -0.39 is 0 Å². The van der Waals surface area contributed by atoms with Gasteiger partial charge < -0.3 is 4.90 Å². The summed E-state index contributed by atoms with van der Waals surface area (Å²) in [5.74, 6) is 0.204. The van der Waals surface area contributed by atoms with Crippen LogP contribution in [-0.2, 0) is 4.79 Å². The molecule has 0 spiro atoms. The Bertz CT molecular complexity index is 934. The highest BCUT2D eigenvalue weighted by Gasteiger charge is 2.30. The summed E-state index contributed by atoms with van der Waals surface area (Å²) in [6, 6.07) is 29.2. The molecule has 0 aliphatic carbocycles. The maximum absolute atomic E-state index is 13.0. The van der Waals surface area contributed by atoms with Crippen LogP contribution in [0.1, 0.15) is 24.1 Å². The third kappa shape index (κ3) is 5.51. The SMILES string of the molecule is C[C@@H](Sc1ccc(Cl)cc1)C(=O)N1CCN(C(c2ccccc2)c2ccccc2)CC1. The second-order valence-corrected chi connectivity index (χ2v) is 9.65. The van der Waals surface area contributed by atoms with E-state index in [0.29, 0.717) is 5.02 Å². The molecule has 1 fully saturated rings. The second-order valence-electron chi connectivity index (χ2n) is 7.80. The lowest BCUT2D eigenvalue weighted by Crippen LogP contribution is -2.51. The normalized spacial score (nSPS) is 15.8. The van der Waals surface area contributed by atoms with Gasteiger partial charge in [0.1, 0.15) is 0 Å². The van der Waals surface area contributed by atoms with E-state index in [2.05, 4.69) is 65.6 Å². The summed E-state index contributed by atoms with van der Waals surface area (Å²) >= 11 is 7.56. The standard InChI is InChI=1S/C26H27ClN2OS/c1-20(31-24-14-12-23(27)13-15-24)26(30)29-18-16-28(17-19-29)25(21-8-4-2-5-9-21)22-10-6-3-7-11-22/h2-15,20,25H,16-19H2,1H3/t20-/m1/s1. The molecule has 1 aliphatic heterocycles. The number of carbonyl (C=O) groups excluding carboxylic acids is 1. The number of amides is 1. The van der Waals surface area contributed by atoms with E-state index in [1.165, 1.54) is 11.1 Å². The van der Waals surface area contributed by atoms with Crippen LogP contribution in [0.25, 0.3) is 0 Å². The molecular weight excluding hydrogens is 424 g/mol. The minimum atomic E-state index is -0.119. The summed E-state index contributed by atoms with van der Waals surface area (Å²) in [6.07, 6.45) is 0. The Hall–Kier alpha value is -2.27. The van der Waals surface area contributed by atoms with Crippen LogP contribution < -0.4 is 0 Å². The van der Waals surface area contributed by atoms with Crippen LogP contribution in [-0.4, -0.2) is 47.1 Å². The van der Waals surface area contributed by atoms with Crippen molar-refractivity contribution in [3.8, 4) is 0 Å². The molecule has 5 heteroatoms. The molecule has 1 amide bonds. The predicted molar refractivity (Wildman–Crippen MR) is 130 cm³/mol. The lowest BCUT2D eigenvalue weighted by Gasteiger charge is -2.40. The molecule has 0 N–H and O–H groups in total. The zero-order chi connectivity index (χ0) is 21.6. The number of hydrogen-bond acceptors (Lipinski definition) is 3. The fourth-order valence-electron chi connectivity index (χ4n) is 4.11. The van der Waals surface area contributed by atoms with Crippen molar-refractivity contribution in [3.63, 3.8) is 0 Å². The van der Waals surface area contributed by atoms with Crippen molar-refractivity contribution in [2.75, 3.05) is 26.2 Å². The van der Waals surface area contributed by atoms with E-state index in [4.69, 9.17) is 11.6 Å². The van der Waals surface area contributed by atoms with Crippen molar-refractivity contribution in [2.24, 2.45) is 0 Å². The van der Waals surface area contributed by atoms with Crippen molar-refractivity contribution in [1.29, 1.82) is 0 Å². The fourth-order valence-corrected chi connectivity index (χ4v) is 5.19. The highest BCUT2D eigenvalue weighted by molar-refractivity contribution is 8.00. The molecule has 0 unspecified atom stereocenters. The summed E-state index contributed by atoms with van der Waals surface area (Å²) in [6.45, 7) is 5.21. The van der Waals surface area contributed by atoms with Gasteiger partial charge in [0.2, 0.25) is 5.91 Å². The number of halogens is 1. The Balaban J connectivity index is 1.41. The Kier molecular flexibility index (Phi) is 7.33. The Morgan fingerprint density at radius 2 is 1.32 bits per heavy atom. The first kappa shape index (κ1) is 21.9. The molecule has 4 rings (SSSR count). The molecule has 0 aromatic heterocycles. The van der Waals surface area contributed by atoms with Crippen molar-refractivity contribution < 1.29 is 4.79 Å². The summed E-state index contributed by atoms with van der Waals surface area (Å²) < 4.78 is 0. The number of nitrogens with zero attached hydrogens (tertiary/aromatic N) is 2. The first-order valence-corrected chi connectivity index (χ1v) is 11.9. The molecule has 3 aromatic rings. The van der Waals surface area contributed by atoms with Crippen LogP contribution in [0, 0.1) is 0 Å². The van der Waals surface area contributed by atoms with Crippen LogP contribution in [0.5, 0.6) is 0 Å². The Morgan fingerprint density at radius 3 is 1.84 bits per heavy atom. The summed E-state index contributed by atoms with van der Waals surface area (Å²) in [7, 11) is 0. The number of hydrogen-bond donors (Lipinski definition) is 0. The van der Waals surface area contributed by atoms with Crippen LogP contribution in [0.15, 0.2) is 89.8 Å². The third-order valence-electron chi connectivity index (χ3n) is 5.70. The number of benzene rings is 3. The van der Waals surface area contributed by atoms with Gasteiger partial charge in [-0.1, -0.05) is 72.3 Å². The van der Waals surface area contributed by atoms with E-state index >= 15 is 0 Å². The smallest absolute Gasteiger partial charge is 0.235 e. The lowest BCUT2D eigenvalue weighted by atomic mass is 9.96. The molecular formula is C26H27ClN2OS. The van der Waals surface area contributed by atoms with Gasteiger partial charge >= 0.3 is 0 Å². The molecule has 1 saturated heterocycles. The van der Waals surface area contributed by atoms with Gasteiger partial charge in [-0.3, -0.25) is 9.69 Å². The first-order chi connectivity index (χ1) is 15.1. The molecule has 160 valence electrons. The molecule has 3 nitrogen and oxygen atoms in total. The zero-order valence-corrected chi connectivity index (χ0v) is 19.2. The average Bonchev–Trinajstić information content (AvgIpc) is 2.82. The topological polar surface area (TPSA) is 23.6 Å². The highest BCUT2D eigenvalue weighted by Crippen LogP contribution is 2.30. The maximum atomic E-state index is 13.0. The van der Waals surface area contributed by atoms with Gasteiger partial charge in [0, 0.05) is 36.1 Å². The average molecular weight is 451 g/mol. The van der Waals surface area contributed by atoms with E-state index in [9.17, 15) is 4.79 Å². The van der Waals surface area contributed by atoms with Gasteiger partial charge in [-0.25, -0.2) is 0 Å². The fraction of sp³-hybridized carbons (Fsp3) is 0.269. The van der Waals surface area contributed by atoms with E-state index in [1.807, 2.05) is 36.1 Å². The monoisotopic (exact) mass is 450 g/mol. The van der Waals surface area contributed by atoms with Crippen molar-refractivity contribution >= 4 is 29.3 Å². The molecule has 3 aromatic carbocycles. The zero-order valence-electron chi connectivity index (χ0n) is 17.7. The highest BCUT2D eigenvalue weighted by atomic mass is 35.5. The van der Waals surface area contributed by atoms with Gasteiger partial charge in [0.25, 0.3) is 0 Å². The summed E-state index contributed by atoms with van der Waals surface area (Å²) in [4.78, 5) is 18.6. The molecule has 0 saturated carbocycles. The predicted octanol–water partition coefficient (Wildman–Crippen LogP) is 5.75. The van der Waals surface area contributed by atoms with Crippen LogP contribution >= 0.6 is 23.4 Å². The van der Waals surface area contributed by atoms with Crippen LogP contribution in [0.2, 0.25) is 5.02 Å². The van der Waals surface area contributed by atoms with Gasteiger partial charge in [0.05, 0.1) is 11.3 Å². The van der Waals surface area contributed by atoms with Gasteiger partial charge in [-0.2, -0.15) is 0 Å². The summed E-state index contributed by atoms with van der Waals surface area (Å²) in [5.41, 5.74) is 2.58. The van der Waals surface area contributed by atoms with Gasteiger partial charge in [-0.05, 0) is 42.3 Å². The number of rotatable bonds is 6. The molecule has 1 atom stereocenters. The van der Waals surface area contributed by atoms with E-state index in [0.717, 1.165) is 31.1 Å². The maximum Gasteiger partial charge on any atom is 0.235 e. The van der Waals surface area contributed by atoms with Gasteiger partial charge in [-0.15, -0.1) is 11.8 Å².